The van der Waals surface area contributed by atoms with Gasteiger partial charge in [-0.2, -0.15) is 0 Å². The lowest BCUT2D eigenvalue weighted by molar-refractivity contribution is 0.474. The molecule has 0 fully saturated rings. The monoisotopic (exact) mass is 576 g/mol. The van der Waals surface area contributed by atoms with Gasteiger partial charge in [-0.05, 0) is 47.9 Å². The van der Waals surface area contributed by atoms with Gasteiger partial charge in [0.05, 0.1) is 27.6 Å². The lowest BCUT2D eigenvalue weighted by atomic mass is 10.1. The standard InChI is InChI=1S/C42H28N2O/c1-27(29-12-4-3-5-13-29)45-28(2)30-20-23-32(24-21-30)43-38-18-10-9-17-36(38)37-25-22-31-26-40-35-16-7-6-14-33(35)34-15-8-11-19-39(34)44(40)41(31)42(37)43/h3-26H,1-2H2. The van der Waals surface area contributed by atoms with Crippen LogP contribution in [0.2, 0.25) is 0 Å². The van der Waals surface area contributed by atoms with Crippen molar-refractivity contribution in [3.8, 4) is 5.69 Å². The summed E-state index contributed by atoms with van der Waals surface area (Å²) in [6.45, 7) is 8.33. The maximum absolute atomic E-state index is 6.07. The molecule has 3 heteroatoms. The Balaban J connectivity index is 1.29. The topological polar surface area (TPSA) is 18.6 Å². The van der Waals surface area contributed by atoms with E-state index >= 15 is 0 Å². The van der Waals surface area contributed by atoms with Crippen molar-refractivity contribution in [1.29, 1.82) is 0 Å². The fraction of sp³-hybridized carbons (Fsp3) is 0. The van der Waals surface area contributed by atoms with Gasteiger partial charge in [0.15, 0.2) is 0 Å². The van der Waals surface area contributed by atoms with Crippen molar-refractivity contribution in [2.75, 3.05) is 0 Å². The Morgan fingerprint density at radius 1 is 0.444 bits per heavy atom. The zero-order valence-corrected chi connectivity index (χ0v) is 24.6. The molecule has 0 spiro atoms. The highest BCUT2D eigenvalue weighted by molar-refractivity contribution is 6.22. The van der Waals surface area contributed by atoms with Gasteiger partial charge in [0.1, 0.15) is 11.5 Å². The van der Waals surface area contributed by atoms with E-state index in [1.165, 1.54) is 59.9 Å². The molecular weight excluding hydrogens is 548 g/mol. The van der Waals surface area contributed by atoms with E-state index in [0.717, 1.165) is 16.8 Å². The van der Waals surface area contributed by atoms with Gasteiger partial charge in [-0.15, -0.1) is 0 Å². The van der Waals surface area contributed by atoms with E-state index in [1.807, 2.05) is 30.3 Å². The summed E-state index contributed by atoms with van der Waals surface area (Å²) in [6, 6.07) is 51.4. The van der Waals surface area contributed by atoms with Crippen LogP contribution in [0.25, 0.3) is 77.1 Å². The average molecular weight is 577 g/mol. The molecule has 9 rings (SSSR count). The van der Waals surface area contributed by atoms with Crippen molar-refractivity contribution in [1.82, 2.24) is 8.97 Å². The fourth-order valence-corrected chi connectivity index (χ4v) is 6.98. The first-order valence-corrected chi connectivity index (χ1v) is 15.2. The van der Waals surface area contributed by atoms with E-state index in [1.54, 1.807) is 0 Å². The number of aromatic nitrogens is 2. The Morgan fingerprint density at radius 3 is 1.71 bits per heavy atom. The summed E-state index contributed by atoms with van der Waals surface area (Å²) in [5.41, 5.74) is 8.90. The largest absolute Gasteiger partial charge is 0.457 e. The third-order valence-corrected chi connectivity index (χ3v) is 9.03. The van der Waals surface area contributed by atoms with Crippen LogP contribution in [0.3, 0.4) is 0 Å². The lowest BCUT2D eigenvalue weighted by Crippen LogP contribution is -1.97. The third kappa shape index (κ3) is 3.77. The number of nitrogens with zero attached hydrogens (tertiary/aromatic N) is 2. The molecule has 3 nitrogen and oxygen atoms in total. The highest BCUT2D eigenvalue weighted by Gasteiger charge is 2.20. The maximum Gasteiger partial charge on any atom is 0.127 e. The quantitative estimate of drug-likeness (QED) is 0.147. The summed E-state index contributed by atoms with van der Waals surface area (Å²) in [6.07, 6.45) is 0. The van der Waals surface area contributed by atoms with Crippen LogP contribution in [-0.4, -0.2) is 8.97 Å². The van der Waals surface area contributed by atoms with Crippen LogP contribution in [0.4, 0.5) is 0 Å². The van der Waals surface area contributed by atoms with Gasteiger partial charge < -0.3 is 13.7 Å². The molecule has 0 saturated carbocycles. The molecule has 0 atom stereocenters. The number of pyridine rings is 1. The molecule has 0 aliphatic rings. The Bertz CT molecular complexity index is 2640. The number of benzene rings is 6. The van der Waals surface area contributed by atoms with Gasteiger partial charge in [-0.25, -0.2) is 0 Å². The number of rotatable bonds is 5. The first-order chi connectivity index (χ1) is 22.2. The van der Waals surface area contributed by atoms with Crippen LogP contribution in [0.1, 0.15) is 11.1 Å². The minimum absolute atomic E-state index is 0.566. The number of hydrogen-bond acceptors (Lipinski definition) is 1. The van der Waals surface area contributed by atoms with E-state index in [2.05, 4.69) is 137 Å². The summed E-state index contributed by atoms with van der Waals surface area (Å²) in [7, 11) is 0. The first kappa shape index (κ1) is 25.4. The zero-order chi connectivity index (χ0) is 30.1. The molecule has 0 bridgehead atoms. The molecule has 212 valence electrons. The Morgan fingerprint density at radius 2 is 1.00 bits per heavy atom. The van der Waals surface area contributed by atoms with Crippen LogP contribution in [0.15, 0.2) is 159 Å². The van der Waals surface area contributed by atoms with Crippen molar-refractivity contribution >= 4 is 71.4 Å². The summed E-state index contributed by atoms with van der Waals surface area (Å²) in [4.78, 5) is 0. The van der Waals surface area contributed by atoms with E-state index in [0.29, 0.717) is 11.5 Å². The minimum atomic E-state index is 0.566. The zero-order valence-electron chi connectivity index (χ0n) is 24.6. The van der Waals surface area contributed by atoms with Crippen LogP contribution >= 0.6 is 0 Å². The average Bonchev–Trinajstić information content (AvgIpc) is 3.65. The second-order valence-corrected chi connectivity index (χ2v) is 11.5. The predicted octanol–water partition coefficient (Wildman–Crippen LogP) is 11.2. The number of para-hydroxylation sites is 2. The van der Waals surface area contributed by atoms with Crippen molar-refractivity contribution in [2.45, 2.75) is 0 Å². The number of hydrogen-bond donors (Lipinski definition) is 0. The molecule has 45 heavy (non-hydrogen) atoms. The van der Waals surface area contributed by atoms with Crippen LogP contribution < -0.4 is 0 Å². The normalized spacial score (nSPS) is 11.7. The van der Waals surface area contributed by atoms with Gasteiger partial charge >= 0.3 is 0 Å². The van der Waals surface area contributed by atoms with E-state index < -0.39 is 0 Å². The smallest absolute Gasteiger partial charge is 0.127 e. The van der Waals surface area contributed by atoms with Gasteiger partial charge in [-0.1, -0.05) is 116 Å². The maximum atomic E-state index is 6.07. The highest BCUT2D eigenvalue weighted by atomic mass is 16.5. The predicted molar refractivity (Wildman–Crippen MR) is 190 cm³/mol. The van der Waals surface area contributed by atoms with E-state index in [-0.39, 0.29) is 0 Å². The Kier molecular flexibility index (Phi) is 5.50. The van der Waals surface area contributed by atoms with Gasteiger partial charge in [0.2, 0.25) is 0 Å². The van der Waals surface area contributed by atoms with E-state index in [4.69, 9.17) is 4.74 Å². The summed E-state index contributed by atoms with van der Waals surface area (Å²) in [5, 5.41) is 7.44. The Labute approximate surface area is 260 Å². The van der Waals surface area contributed by atoms with Crippen LogP contribution in [0, 0.1) is 0 Å². The van der Waals surface area contributed by atoms with Gasteiger partial charge in [-0.3, -0.25) is 0 Å². The minimum Gasteiger partial charge on any atom is -0.457 e. The molecule has 0 amide bonds. The molecule has 0 aliphatic heterocycles. The number of fused-ring (bicyclic) bond motifs is 12. The molecule has 0 saturated heterocycles. The molecule has 0 radical (unpaired) electrons. The molecule has 0 unspecified atom stereocenters. The second kappa shape index (κ2) is 9.73. The molecule has 0 aliphatic carbocycles. The van der Waals surface area contributed by atoms with E-state index in [9.17, 15) is 0 Å². The molecule has 0 N–H and O–H groups in total. The molecule has 6 aromatic carbocycles. The lowest BCUT2D eigenvalue weighted by Gasteiger charge is -2.14. The molecule has 3 aromatic heterocycles. The van der Waals surface area contributed by atoms with Crippen LogP contribution in [-0.2, 0) is 4.74 Å². The summed E-state index contributed by atoms with van der Waals surface area (Å²) < 4.78 is 10.9. The summed E-state index contributed by atoms with van der Waals surface area (Å²) >= 11 is 0. The first-order valence-electron chi connectivity index (χ1n) is 15.2. The van der Waals surface area contributed by atoms with Gasteiger partial charge in [0, 0.05) is 43.7 Å². The van der Waals surface area contributed by atoms with Crippen LogP contribution in [0.5, 0.6) is 0 Å². The van der Waals surface area contributed by atoms with Crippen molar-refractivity contribution in [3.05, 3.63) is 170 Å². The third-order valence-electron chi connectivity index (χ3n) is 9.03. The molecule has 9 aromatic rings. The van der Waals surface area contributed by atoms with Gasteiger partial charge in [0.25, 0.3) is 0 Å². The molecular formula is C42H28N2O. The van der Waals surface area contributed by atoms with Crippen molar-refractivity contribution in [2.24, 2.45) is 0 Å². The van der Waals surface area contributed by atoms with Crippen molar-refractivity contribution < 1.29 is 4.74 Å². The fourth-order valence-electron chi connectivity index (χ4n) is 6.98. The second-order valence-electron chi connectivity index (χ2n) is 11.5. The van der Waals surface area contributed by atoms with Crippen molar-refractivity contribution in [3.63, 3.8) is 0 Å². The Hall–Kier alpha value is -6.06. The molecule has 3 heterocycles. The number of ether oxygens (including phenoxy) is 1. The summed E-state index contributed by atoms with van der Waals surface area (Å²) in [5.74, 6) is 1.14. The highest BCUT2D eigenvalue weighted by Crippen LogP contribution is 2.41. The SMILES string of the molecule is C=C(OC(=C)c1ccc(-n2c3ccccc3c3ccc4cc5c6ccccc6c6ccccc6n5c4c32)cc1)c1ccccc1.